The summed E-state index contributed by atoms with van der Waals surface area (Å²) in [6.07, 6.45) is 10.4. The standard InChI is InChI=1S/C16H27NO3/c1-12-11-14(18)15(12)17-16(19)20-10-6-5-9-13-7-3-2-4-8-13/h12-13,15H,2-11H2,1H3,(H,17,19)/t12-,15-/m1/s1. The number of nitrogens with one attached hydrogen (secondary N) is 1. The molecule has 20 heavy (non-hydrogen) atoms. The average Bonchev–Trinajstić information content (AvgIpc) is 2.46. The molecule has 2 fully saturated rings. The summed E-state index contributed by atoms with van der Waals surface area (Å²) in [6.45, 7) is 2.43. The third kappa shape index (κ3) is 4.50. The van der Waals surface area contributed by atoms with Crippen LogP contribution in [0.2, 0.25) is 0 Å². The van der Waals surface area contributed by atoms with E-state index in [4.69, 9.17) is 4.74 Å². The molecule has 2 saturated carbocycles. The molecular weight excluding hydrogens is 254 g/mol. The number of amides is 1. The van der Waals surface area contributed by atoms with Gasteiger partial charge in [-0.2, -0.15) is 0 Å². The van der Waals surface area contributed by atoms with Gasteiger partial charge in [-0.05, 0) is 24.7 Å². The van der Waals surface area contributed by atoms with Gasteiger partial charge in [0.25, 0.3) is 0 Å². The molecule has 0 aliphatic heterocycles. The van der Waals surface area contributed by atoms with Crippen LogP contribution in [0.15, 0.2) is 0 Å². The van der Waals surface area contributed by atoms with Crippen molar-refractivity contribution < 1.29 is 14.3 Å². The lowest BCUT2D eigenvalue weighted by Crippen LogP contribution is -2.53. The zero-order valence-corrected chi connectivity index (χ0v) is 12.5. The minimum atomic E-state index is -0.437. The van der Waals surface area contributed by atoms with E-state index in [2.05, 4.69) is 5.32 Å². The first kappa shape index (κ1) is 15.3. The first-order chi connectivity index (χ1) is 9.66. The normalized spacial score (nSPS) is 26.9. The van der Waals surface area contributed by atoms with Crippen LogP contribution in [0.25, 0.3) is 0 Å². The summed E-state index contributed by atoms with van der Waals surface area (Å²) in [5.74, 6) is 1.26. The van der Waals surface area contributed by atoms with Gasteiger partial charge >= 0.3 is 6.09 Å². The molecule has 0 aromatic rings. The van der Waals surface area contributed by atoms with Gasteiger partial charge in [0.2, 0.25) is 0 Å². The Morgan fingerprint density at radius 3 is 2.65 bits per heavy atom. The van der Waals surface area contributed by atoms with Gasteiger partial charge in [-0.3, -0.25) is 4.79 Å². The van der Waals surface area contributed by atoms with Crippen molar-refractivity contribution in [1.29, 1.82) is 0 Å². The van der Waals surface area contributed by atoms with Crippen LogP contribution in [0.5, 0.6) is 0 Å². The first-order valence-corrected chi connectivity index (χ1v) is 8.13. The van der Waals surface area contributed by atoms with E-state index >= 15 is 0 Å². The number of carbonyl (C=O) groups is 2. The van der Waals surface area contributed by atoms with Crippen molar-refractivity contribution in [2.45, 2.75) is 70.8 Å². The van der Waals surface area contributed by atoms with Crippen LogP contribution in [0.4, 0.5) is 4.79 Å². The van der Waals surface area contributed by atoms with Crippen molar-refractivity contribution in [1.82, 2.24) is 5.32 Å². The molecule has 0 aromatic carbocycles. The van der Waals surface area contributed by atoms with E-state index in [0.29, 0.717) is 13.0 Å². The quantitative estimate of drug-likeness (QED) is 0.759. The summed E-state index contributed by atoms with van der Waals surface area (Å²) in [4.78, 5) is 22.8. The van der Waals surface area contributed by atoms with Gasteiger partial charge in [-0.1, -0.05) is 45.4 Å². The second-order valence-electron chi connectivity index (χ2n) is 6.41. The number of rotatable bonds is 6. The summed E-state index contributed by atoms with van der Waals surface area (Å²) in [5.41, 5.74) is 0. The van der Waals surface area contributed by atoms with Gasteiger partial charge in [0.1, 0.15) is 0 Å². The largest absolute Gasteiger partial charge is 0.450 e. The van der Waals surface area contributed by atoms with E-state index in [1.807, 2.05) is 6.92 Å². The van der Waals surface area contributed by atoms with Crippen molar-refractivity contribution >= 4 is 11.9 Å². The number of hydrogen-bond donors (Lipinski definition) is 1. The van der Waals surface area contributed by atoms with Crippen molar-refractivity contribution in [3.8, 4) is 0 Å². The van der Waals surface area contributed by atoms with Crippen LogP contribution in [-0.4, -0.2) is 24.5 Å². The number of unbranched alkanes of at least 4 members (excludes halogenated alkanes) is 1. The zero-order chi connectivity index (χ0) is 14.4. The maximum atomic E-state index is 11.5. The molecule has 0 radical (unpaired) electrons. The Labute approximate surface area is 121 Å². The highest BCUT2D eigenvalue weighted by Crippen LogP contribution is 2.27. The van der Waals surface area contributed by atoms with E-state index in [0.717, 1.165) is 18.8 Å². The summed E-state index contributed by atoms with van der Waals surface area (Å²) >= 11 is 0. The Morgan fingerprint density at radius 2 is 2.00 bits per heavy atom. The monoisotopic (exact) mass is 281 g/mol. The van der Waals surface area contributed by atoms with E-state index in [9.17, 15) is 9.59 Å². The zero-order valence-electron chi connectivity index (χ0n) is 12.5. The van der Waals surface area contributed by atoms with E-state index in [-0.39, 0.29) is 17.7 Å². The predicted octanol–water partition coefficient (Wildman–Crippen LogP) is 3.44. The van der Waals surface area contributed by atoms with Gasteiger partial charge in [0.15, 0.2) is 5.78 Å². The number of ketones is 1. The topological polar surface area (TPSA) is 55.4 Å². The van der Waals surface area contributed by atoms with Gasteiger partial charge < -0.3 is 10.1 Å². The van der Waals surface area contributed by atoms with Gasteiger partial charge in [0.05, 0.1) is 12.6 Å². The smallest absolute Gasteiger partial charge is 0.407 e. The van der Waals surface area contributed by atoms with E-state index in [1.165, 1.54) is 38.5 Å². The molecule has 4 heteroatoms. The Morgan fingerprint density at radius 1 is 1.25 bits per heavy atom. The molecule has 2 rings (SSSR count). The lowest BCUT2D eigenvalue weighted by molar-refractivity contribution is -0.129. The molecule has 0 bridgehead atoms. The average molecular weight is 281 g/mol. The van der Waals surface area contributed by atoms with Crippen LogP contribution in [-0.2, 0) is 9.53 Å². The van der Waals surface area contributed by atoms with Crippen LogP contribution >= 0.6 is 0 Å². The highest BCUT2D eigenvalue weighted by molar-refractivity contribution is 5.93. The van der Waals surface area contributed by atoms with Gasteiger partial charge in [-0.25, -0.2) is 4.79 Å². The van der Waals surface area contributed by atoms with Crippen molar-refractivity contribution in [2.24, 2.45) is 11.8 Å². The Bertz CT molecular complexity index is 337. The van der Waals surface area contributed by atoms with Crippen LogP contribution in [0.1, 0.15) is 64.7 Å². The maximum Gasteiger partial charge on any atom is 0.407 e. The molecule has 2 aliphatic carbocycles. The molecule has 1 amide bonds. The minimum absolute atomic E-state index is 0.117. The Kier molecular flexibility index (Phi) is 5.86. The third-order valence-electron chi connectivity index (χ3n) is 4.68. The molecule has 114 valence electrons. The number of ether oxygens (including phenoxy) is 1. The summed E-state index contributed by atoms with van der Waals surface area (Å²) < 4.78 is 5.13. The lowest BCUT2D eigenvalue weighted by Gasteiger charge is -2.32. The van der Waals surface area contributed by atoms with E-state index < -0.39 is 6.09 Å². The van der Waals surface area contributed by atoms with Gasteiger partial charge in [0, 0.05) is 6.42 Å². The molecule has 0 aromatic heterocycles. The first-order valence-electron chi connectivity index (χ1n) is 8.13. The molecule has 0 unspecified atom stereocenters. The van der Waals surface area contributed by atoms with Gasteiger partial charge in [-0.15, -0.1) is 0 Å². The molecule has 4 nitrogen and oxygen atoms in total. The highest BCUT2D eigenvalue weighted by atomic mass is 16.5. The molecule has 1 N–H and O–H groups in total. The third-order valence-corrected chi connectivity index (χ3v) is 4.68. The number of alkyl carbamates (subject to hydrolysis) is 1. The molecule has 0 heterocycles. The molecule has 2 aliphatic rings. The fourth-order valence-electron chi connectivity index (χ4n) is 3.29. The lowest BCUT2D eigenvalue weighted by atomic mass is 9.80. The predicted molar refractivity (Wildman–Crippen MR) is 77.5 cm³/mol. The number of carbonyl (C=O) groups excluding carboxylic acids is 2. The second kappa shape index (κ2) is 7.65. The summed E-state index contributed by atoms with van der Waals surface area (Å²) in [7, 11) is 0. The number of Topliss-reactive ketones (excluding diaryl/α,β-unsaturated/α-hetero) is 1. The number of hydrogen-bond acceptors (Lipinski definition) is 3. The fourth-order valence-corrected chi connectivity index (χ4v) is 3.29. The molecular formula is C16H27NO3. The summed E-state index contributed by atoms with van der Waals surface area (Å²) in [5, 5.41) is 2.65. The molecule has 0 saturated heterocycles. The SMILES string of the molecule is C[C@@H]1CC(=O)[C@@H]1NC(=O)OCCCCC1CCCCC1. The minimum Gasteiger partial charge on any atom is -0.450 e. The molecule has 0 spiro atoms. The Balaban J connectivity index is 1.48. The van der Waals surface area contributed by atoms with Crippen LogP contribution in [0, 0.1) is 11.8 Å². The highest BCUT2D eigenvalue weighted by Gasteiger charge is 2.37. The van der Waals surface area contributed by atoms with E-state index in [1.54, 1.807) is 0 Å². The Hall–Kier alpha value is -1.06. The maximum absolute atomic E-state index is 11.5. The summed E-state index contributed by atoms with van der Waals surface area (Å²) in [6, 6.07) is -0.315. The van der Waals surface area contributed by atoms with Crippen molar-refractivity contribution in [3.05, 3.63) is 0 Å². The fraction of sp³-hybridized carbons (Fsp3) is 0.875. The van der Waals surface area contributed by atoms with Crippen LogP contribution in [0.3, 0.4) is 0 Å². The van der Waals surface area contributed by atoms with Crippen molar-refractivity contribution in [3.63, 3.8) is 0 Å². The van der Waals surface area contributed by atoms with Crippen molar-refractivity contribution in [2.75, 3.05) is 6.61 Å². The molecule has 2 atom stereocenters. The van der Waals surface area contributed by atoms with Crippen LogP contribution < -0.4 is 5.32 Å². The second-order valence-corrected chi connectivity index (χ2v) is 6.41.